The molecular formula is C29H40N4O7S. The number of sulfonamides is 1. The van der Waals surface area contributed by atoms with Gasteiger partial charge < -0.3 is 30.0 Å². The topological polar surface area (TPSA) is 150 Å². The van der Waals surface area contributed by atoms with Crippen LogP contribution in [0.15, 0.2) is 59.5 Å². The zero-order valence-electron chi connectivity index (χ0n) is 23.8. The van der Waals surface area contributed by atoms with Crippen LogP contribution >= 0.6 is 0 Å². The van der Waals surface area contributed by atoms with Crippen molar-refractivity contribution >= 4 is 21.8 Å². The molecule has 224 valence electrons. The first-order chi connectivity index (χ1) is 19.5. The first-order valence-electron chi connectivity index (χ1n) is 13.5. The Kier molecular flexibility index (Phi) is 11.9. The highest BCUT2D eigenvalue weighted by Crippen LogP contribution is 2.28. The molecule has 1 aliphatic heterocycles. The van der Waals surface area contributed by atoms with Gasteiger partial charge in [0.25, 0.3) is 0 Å². The maximum atomic E-state index is 13.9. The van der Waals surface area contributed by atoms with E-state index in [2.05, 4.69) is 16.7 Å². The van der Waals surface area contributed by atoms with Crippen LogP contribution in [0.2, 0.25) is 0 Å². The fourth-order valence-corrected chi connectivity index (χ4v) is 6.21. The van der Waals surface area contributed by atoms with Crippen molar-refractivity contribution in [3.05, 3.63) is 60.2 Å². The van der Waals surface area contributed by atoms with Gasteiger partial charge in [0.2, 0.25) is 10.0 Å². The number of nitriles is 1. The summed E-state index contributed by atoms with van der Waals surface area (Å²) in [6.07, 6.45) is -1.71. The Bertz CT molecular complexity index is 1260. The third kappa shape index (κ3) is 9.98. The smallest absolute Gasteiger partial charge is 0.407 e. The lowest BCUT2D eigenvalue weighted by Crippen LogP contribution is -2.52. The van der Waals surface area contributed by atoms with Crippen molar-refractivity contribution < 1.29 is 32.5 Å². The van der Waals surface area contributed by atoms with Crippen molar-refractivity contribution in [2.24, 2.45) is 5.41 Å². The first-order valence-corrected chi connectivity index (χ1v) is 15.0. The summed E-state index contributed by atoms with van der Waals surface area (Å²) in [7, 11) is -2.37. The first kappa shape index (κ1) is 32.3. The van der Waals surface area contributed by atoms with Crippen LogP contribution in [0.25, 0.3) is 0 Å². The minimum atomic E-state index is -4.07. The molecule has 0 bridgehead atoms. The highest BCUT2D eigenvalue weighted by molar-refractivity contribution is 7.89. The number of benzene rings is 2. The molecule has 3 N–H and O–H groups in total. The van der Waals surface area contributed by atoms with Gasteiger partial charge in [-0.25, -0.2) is 13.2 Å². The number of carbonyl (C=O) groups is 1. The Morgan fingerprint density at radius 2 is 1.90 bits per heavy atom. The minimum absolute atomic E-state index is 0.0527. The van der Waals surface area contributed by atoms with Crippen LogP contribution in [0, 0.1) is 16.7 Å². The van der Waals surface area contributed by atoms with Gasteiger partial charge >= 0.3 is 6.09 Å². The summed E-state index contributed by atoms with van der Waals surface area (Å²) in [4.78, 5) is 12.9. The number of amides is 1. The second-order valence-corrected chi connectivity index (χ2v) is 12.7. The molecule has 11 nitrogen and oxygen atoms in total. The van der Waals surface area contributed by atoms with Crippen LogP contribution in [-0.4, -0.2) is 82.3 Å². The molecule has 2 atom stereocenters. The van der Waals surface area contributed by atoms with E-state index in [0.29, 0.717) is 12.1 Å². The lowest BCUT2D eigenvalue weighted by Gasteiger charge is -2.35. The molecule has 0 aromatic heterocycles. The average Bonchev–Trinajstić information content (AvgIpc) is 2.96. The molecule has 12 heteroatoms. The van der Waals surface area contributed by atoms with Gasteiger partial charge in [0.15, 0.2) is 6.10 Å². The van der Waals surface area contributed by atoms with E-state index in [1.165, 1.54) is 16.4 Å². The van der Waals surface area contributed by atoms with Gasteiger partial charge in [0.05, 0.1) is 36.3 Å². The number of hydrogen-bond acceptors (Lipinski definition) is 9. The van der Waals surface area contributed by atoms with Crippen molar-refractivity contribution in [3.8, 4) is 6.07 Å². The highest BCUT2D eigenvalue weighted by atomic mass is 32.2. The fourth-order valence-electron chi connectivity index (χ4n) is 4.52. The number of rotatable bonds is 14. The van der Waals surface area contributed by atoms with Crippen LogP contribution < -0.4 is 10.6 Å². The Morgan fingerprint density at radius 3 is 2.56 bits per heavy atom. The summed E-state index contributed by atoms with van der Waals surface area (Å²) in [6.45, 7) is 4.03. The second-order valence-electron chi connectivity index (χ2n) is 10.8. The predicted octanol–water partition coefficient (Wildman–Crippen LogP) is 3.12. The molecule has 1 fully saturated rings. The summed E-state index contributed by atoms with van der Waals surface area (Å²) in [5, 5.41) is 26.3. The predicted molar refractivity (Wildman–Crippen MR) is 153 cm³/mol. The van der Waals surface area contributed by atoms with Crippen molar-refractivity contribution in [1.29, 1.82) is 5.26 Å². The summed E-state index contributed by atoms with van der Waals surface area (Å²) >= 11 is 0. The molecule has 1 aliphatic rings. The number of aliphatic hydroxyl groups excluding tert-OH is 1. The molecule has 1 amide bonds. The summed E-state index contributed by atoms with van der Waals surface area (Å²) in [5.74, 6) is 0. The lowest BCUT2D eigenvalue weighted by molar-refractivity contribution is -0.151. The number of nitrogens with one attached hydrogen (secondary N) is 2. The summed E-state index contributed by atoms with van der Waals surface area (Å²) < 4.78 is 44.9. The molecule has 0 spiro atoms. The third-order valence-corrected chi connectivity index (χ3v) is 8.59. The van der Waals surface area contributed by atoms with E-state index < -0.39 is 39.8 Å². The molecule has 2 aromatic carbocycles. The Hall–Kier alpha value is -3.21. The molecule has 1 saturated heterocycles. The number of hydrogen-bond donors (Lipinski definition) is 3. The van der Waals surface area contributed by atoms with Gasteiger partial charge in [-0.05, 0) is 42.0 Å². The molecule has 0 saturated carbocycles. The molecule has 41 heavy (non-hydrogen) atoms. The molecule has 1 heterocycles. The highest BCUT2D eigenvalue weighted by Gasteiger charge is 2.35. The molecule has 3 rings (SSSR count). The van der Waals surface area contributed by atoms with Crippen molar-refractivity contribution in [2.45, 2.75) is 56.3 Å². The lowest BCUT2D eigenvalue weighted by atomic mass is 9.88. The van der Waals surface area contributed by atoms with Gasteiger partial charge in [0.1, 0.15) is 6.79 Å². The second kappa shape index (κ2) is 15.1. The van der Waals surface area contributed by atoms with Crippen molar-refractivity contribution in [1.82, 2.24) is 9.62 Å². The average molecular weight is 589 g/mol. The standard InChI is InChI=1S/C29H40N4O7S/c1-29(2,13-8-14-30)20-33(41(36,37)25-12-7-11-23(16-25)31-3)17-27(34)26(15-22-9-5-4-6-10-22)32-28(35)40-24-18-38-21-39-19-24/h4-7,9-12,16,24,26-27,31,34H,8,13,15,17-21H2,1-3H3,(H,32,35). The Labute approximate surface area is 242 Å². The number of ether oxygens (including phenoxy) is 3. The van der Waals surface area contributed by atoms with E-state index in [1.807, 2.05) is 44.2 Å². The number of carbonyl (C=O) groups excluding carboxylic acids is 1. The number of nitrogens with zero attached hydrogens (tertiary/aromatic N) is 2. The van der Waals surface area contributed by atoms with Gasteiger partial charge in [-0.1, -0.05) is 50.2 Å². The van der Waals surface area contributed by atoms with E-state index >= 15 is 0 Å². The number of anilines is 1. The number of alkyl carbamates (subject to hydrolysis) is 1. The van der Waals surface area contributed by atoms with Gasteiger partial charge in [0, 0.05) is 32.2 Å². The van der Waals surface area contributed by atoms with Gasteiger partial charge in [-0.15, -0.1) is 0 Å². The fraction of sp³-hybridized carbons (Fsp3) is 0.517. The van der Waals surface area contributed by atoms with Crippen LogP contribution in [0.1, 0.15) is 32.3 Å². The largest absolute Gasteiger partial charge is 0.441 e. The Morgan fingerprint density at radius 1 is 1.20 bits per heavy atom. The zero-order chi connectivity index (χ0) is 29.9. The van der Waals surface area contributed by atoms with Crippen LogP contribution in [0.4, 0.5) is 10.5 Å². The van der Waals surface area contributed by atoms with Crippen LogP contribution in [-0.2, 0) is 30.7 Å². The molecule has 0 radical (unpaired) electrons. The van der Waals surface area contributed by atoms with Crippen molar-refractivity contribution in [2.75, 3.05) is 45.5 Å². The minimum Gasteiger partial charge on any atom is -0.441 e. The van der Waals surface area contributed by atoms with Gasteiger partial charge in [-0.2, -0.15) is 9.57 Å². The van der Waals surface area contributed by atoms with E-state index in [1.54, 1.807) is 19.2 Å². The van der Waals surface area contributed by atoms with Crippen molar-refractivity contribution in [3.63, 3.8) is 0 Å². The molecule has 0 aliphatic carbocycles. The quantitative estimate of drug-likeness (QED) is 0.302. The molecular weight excluding hydrogens is 548 g/mol. The molecule has 2 unspecified atom stereocenters. The summed E-state index contributed by atoms with van der Waals surface area (Å²) in [6, 6.07) is 16.9. The van der Waals surface area contributed by atoms with Gasteiger partial charge in [-0.3, -0.25) is 0 Å². The third-order valence-electron chi connectivity index (χ3n) is 6.78. The van der Waals surface area contributed by atoms with E-state index in [9.17, 15) is 18.3 Å². The normalized spacial score (nSPS) is 16.0. The van der Waals surface area contributed by atoms with Crippen LogP contribution in [0.3, 0.4) is 0 Å². The zero-order valence-corrected chi connectivity index (χ0v) is 24.6. The van der Waals surface area contributed by atoms with E-state index in [4.69, 9.17) is 19.5 Å². The maximum absolute atomic E-state index is 13.9. The molecule has 2 aromatic rings. The maximum Gasteiger partial charge on any atom is 0.407 e. The van der Waals surface area contributed by atoms with E-state index in [0.717, 1.165) is 5.56 Å². The SMILES string of the molecule is CNc1cccc(S(=O)(=O)N(CC(O)C(Cc2ccccc2)NC(=O)OC2COCOC2)CC(C)(C)CCC#N)c1. The number of aliphatic hydroxyl groups is 1. The monoisotopic (exact) mass is 588 g/mol. The van der Waals surface area contributed by atoms with Crippen LogP contribution in [0.5, 0.6) is 0 Å². The van der Waals surface area contributed by atoms with E-state index in [-0.39, 0.29) is 50.8 Å². The summed E-state index contributed by atoms with van der Waals surface area (Å²) in [5.41, 5.74) is 0.898. The Balaban J connectivity index is 1.88.